The van der Waals surface area contributed by atoms with Crippen molar-refractivity contribution in [3.8, 4) is 0 Å². The molecule has 124 valence electrons. The predicted molar refractivity (Wildman–Crippen MR) is 85.6 cm³/mol. The van der Waals surface area contributed by atoms with Gasteiger partial charge in [-0.15, -0.1) is 0 Å². The Bertz CT molecular complexity index is 466. The molecular weight excluding hydrogens is 278 g/mol. The normalized spacial score (nSPS) is 25.1. The molecule has 3 rings (SSSR count). The van der Waals surface area contributed by atoms with Crippen molar-refractivity contribution in [3.63, 3.8) is 0 Å². The smallest absolute Gasteiger partial charge is 0.0736 e. The summed E-state index contributed by atoms with van der Waals surface area (Å²) < 4.78 is 13.7. The first-order chi connectivity index (χ1) is 10.7. The Kier molecular flexibility index (Phi) is 5.16. The van der Waals surface area contributed by atoms with Crippen molar-refractivity contribution in [3.05, 3.63) is 18.0 Å². The summed E-state index contributed by atoms with van der Waals surface area (Å²) in [6.45, 7) is 7.95. The third-order valence-corrected chi connectivity index (χ3v) is 5.28. The number of rotatable bonds is 6. The average Bonchev–Trinajstić information content (AvgIpc) is 3.09. The summed E-state index contributed by atoms with van der Waals surface area (Å²) in [4.78, 5) is 2.53. The number of aryl methyl sites for hydroxylation is 1. The second-order valence-electron chi connectivity index (χ2n) is 6.68. The highest BCUT2D eigenvalue weighted by Gasteiger charge is 2.45. The largest absolute Gasteiger partial charge is 0.382 e. The Labute approximate surface area is 133 Å². The predicted octanol–water partition coefficient (Wildman–Crippen LogP) is 2.22. The Morgan fingerprint density at radius 2 is 2.23 bits per heavy atom. The highest BCUT2D eigenvalue weighted by Crippen LogP contribution is 2.42. The number of hydrogen-bond acceptors (Lipinski definition) is 4. The lowest BCUT2D eigenvalue weighted by Gasteiger charge is -2.42. The summed E-state index contributed by atoms with van der Waals surface area (Å²) in [6, 6.07) is 0. The van der Waals surface area contributed by atoms with Gasteiger partial charge in [0, 0.05) is 58.3 Å². The van der Waals surface area contributed by atoms with Crippen LogP contribution in [0.1, 0.15) is 38.2 Å². The fraction of sp³-hybridized carbons (Fsp3) is 0.824. The number of aromatic nitrogens is 2. The molecule has 22 heavy (non-hydrogen) atoms. The van der Waals surface area contributed by atoms with Gasteiger partial charge in [-0.1, -0.05) is 0 Å². The number of nitrogens with zero attached hydrogens (tertiary/aromatic N) is 3. The van der Waals surface area contributed by atoms with Crippen molar-refractivity contribution in [2.45, 2.75) is 44.8 Å². The van der Waals surface area contributed by atoms with E-state index in [1.165, 1.54) is 12.0 Å². The molecule has 2 fully saturated rings. The summed E-state index contributed by atoms with van der Waals surface area (Å²) in [5.74, 6) is 0.680. The van der Waals surface area contributed by atoms with Gasteiger partial charge in [0.05, 0.1) is 11.8 Å². The highest BCUT2D eigenvalue weighted by molar-refractivity contribution is 5.05. The summed E-state index contributed by atoms with van der Waals surface area (Å²) >= 11 is 0. The Hall–Kier alpha value is -0.910. The molecule has 2 saturated heterocycles. The molecule has 1 unspecified atom stereocenters. The number of likely N-dealkylation sites (tertiary alicyclic amines) is 1. The van der Waals surface area contributed by atoms with E-state index in [1.54, 1.807) is 0 Å². The zero-order chi connectivity index (χ0) is 15.4. The van der Waals surface area contributed by atoms with Crippen LogP contribution in [0.25, 0.3) is 0 Å². The van der Waals surface area contributed by atoms with E-state index in [2.05, 4.69) is 23.1 Å². The Morgan fingerprint density at radius 1 is 1.41 bits per heavy atom. The van der Waals surface area contributed by atoms with Gasteiger partial charge < -0.3 is 9.47 Å². The lowest BCUT2D eigenvalue weighted by Crippen LogP contribution is -2.47. The molecule has 0 aliphatic carbocycles. The van der Waals surface area contributed by atoms with Crippen LogP contribution in [-0.4, -0.2) is 53.2 Å². The second kappa shape index (κ2) is 7.11. The van der Waals surface area contributed by atoms with E-state index in [-0.39, 0.29) is 5.60 Å². The van der Waals surface area contributed by atoms with Gasteiger partial charge in [-0.25, -0.2) is 0 Å². The van der Waals surface area contributed by atoms with Gasteiger partial charge in [-0.05, 0) is 38.5 Å². The maximum absolute atomic E-state index is 6.23. The molecule has 5 nitrogen and oxygen atoms in total. The average molecular weight is 307 g/mol. The summed E-state index contributed by atoms with van der Waals surface area (Å²) in [5, 5.41) is 4.26. The minimum atomic E-state index is 0.128. The number of ether oxygens (including phenoxy) is 2. The molecule has 1 spiro atoms. The third-order valence-electron chi connectivity index (χ3n) is 5.28. The first-order valence-electron chi connectivity index (χ1n) is 8.63. The van der Waals surface area contributed by atoms with Gasteiger partial charge in [-0.2, -0.15) is 5.10 Å². The van der Waals surface area contributed by atoms with Crippen LogP contribution in [0.15, 0.2) is 12.4 Å². The fourth-order valence-electron chi connectivity index (χ4n) is 4.02. The molecule has 5 heteroatoms. The number of piperidine rings is 1. The molecule has 0 N–H and O–H groups in total. The molecule has 0 radical (unpaired) electrons. The van der Waals surface area contributed by atoms with Crippen molar-refractivity contribution >= 4 is 0 Å². The minimum Gasteiger partial charge on any atom is -0.382 e. The molecule has 0 bridgehead atoms. The summed E-state index contributed by atoms with van der Waals surface area (Å²) in [6.07, 6.45) is 8.75. The van der Waals surface area contributed by atoms with E-state index in [1.807, 2.05) is 17.9 Å². The van der Waals surface area contributed by atoms with Gasteiger partial charge in [0.15, 0.2) is 0 Å². The SMILES string of the molecule is CCOCCC1CCOC12CCN(Cc1cnn(C)c1)CC2. The highest BCUT2D eigenvalue weighted by atomic mass is 16.5. The quantitative estimate of drug-likeness (QED) is 0.756. The molecule has 2 aliphatic heterocycles. The Balaban J connectivity index is 1.51. The van der Waals surface area contributed by atoms with Gasteiger partial charge >= 0.3 is 0 Å². The van der Waals surface area contributed by atoms with E-state index in [0.29, 0.717) is 5.92 Å². The van der Waals surface area contributed by atoms with Gasteiger partial charge in [0.2, 0.25) is 0 Å². The van der Waals surface area contributed by atoms with Crippen LogP contribution >= 0.6 is 0 Å². The van der Waals surface area contributed by atoms with E-state index >= 15 is 0 Å². The van der Waals surface area contributed by atoms with Crippen LogP contribution in [0.4, 0.5) is 0 Å². The van der Waals surface area contributed by atoms with Crippen LogP contribution in [-0.2, 0) is 23.1 Å². The monoisotopic (exact) mass is 307 g/mol. The lowest BCUT2D eigenvalue weighted by atomic mass is 9.78. The first kappa shape index (κ1) is 16.0. The van der Waals surface area contributed by atoms with Gasteiger partial charge in [0.25, 0.3) is 0 Å². The van der Waals surface area contributed by atoms with Crippen molar-refractivity contribution in [1.29, 1.82) is 0 Å². The molecule has 0 saturated carbocycles. The summed E-state index contributed by atoms with van der Waals surface area (Å²) in [5.41, 5.74) is 1.43. The van der Waals surface area contributed by atoms with E-state index in [0.717, 1.165) is 58.7 Å². The van der Waals surface area contributed by atoms with Crippen molar-refractivity contribution in [2.75, 3.05) is 32.9 Å². The standard InChI is InChI=1S/C17H29N3O2/c1-3-21-10-4-16-5-11-22-17(16)6-8-20(9-7-17)14-15-12-18-19(2)13-15/h12-13,16H,3-11,14H2,1-2H3. The van der Waals surface area contributed by atoms with E-state index < -0.39 is 0 Å². The fourth-order valence-corrected chi connectivity index (χ4v) is 4.02. The molecule has 1 aromatic heterocycles. The third kappa shape index (κ3) is 3.53. The maximum Gasteiger partial charge on any atom is 0.0736 e. The van der Waals surface area contributed by atoms with E-state index in [4.69, 9.17) is 9.47 Å². The van der Waals surface area contributed by atoms with Crippen LogP contribution in [0.3, 0.4) is 0 Å². The number of hydrogen-bond donors (Lipinski definition) is 0. The molecule has 0 aromatic carbocycles. The molecule has 1 atom stereocenters. The van der Waals surface area contributed by atoms with Crippen LogP contribution in [0.2, 0.25) is 0 Å². The van der Waals surface area contributed by atoms with Gasteiger partial charge in [0.1, 0.15) is 0 Å². The van der Waals surface area contributed by atoms with Crippen molar-refractivity contribution < 1.29 is 9.47 Å². The minimum absolute atomic E-state index is 0.128. The van der Waals surface area contributed by atoms with E-state index in [9.17, 15) is 0 Å². The molecular formula is C17H29N3O2. The zero-order valence-electron chi connectivity index (χ0n) is 14.0. The maximum atomic E-state index is 6.23. The zero-order valence-corrected chi connectivity index (χ0v) is 14.0. The summed E-state index contributed by atoms with van der Waals surface area (Å²) in [7, 11) is 1.98. The molecule has 3 heterocycles. The van der Waals surface area contributed by atoms with Crippen LogP contribution < -0.4 is 0 Å². The Morgan fingerprint density at radius 3 is 2.91 bits per heavy atom. The van der Waals surface area contributed by atoms with Crippen molar-refractivity contribution in [1.82, 2.24) is 14.7 Å². The molecule has 1 aromatic rings. The second-order valence-corrected chi connectivity index (χ2v) is 6.68. The first-order valence-corrected chi connectivity index (χ1v) is 8.63. The lowest BCUT2D eigenvalue weighted by molar-refractivity contribution is -0.0728. The topological polar surface area (TPSA) is 39.5 Å². The van der Waals surface area contributed by atoms with Crippen molar-refractivity contribution in [2.24, 2.45) is 13.0 Å². The molecule has 0 amide bonds. The van der Waals surface area contributed by atoms with Crippen LogP contribution in [0.5, 0.6) is 0 Å². The van der Waals surface area contributed by atoms with Gasteiger partial charge in [-0.3, -0.25) is 9.58 Å². The molecule has 2 aliphatic rings. The van der Waals surface area contributed by atoms with Crippen LogP contribution in [0, 0.1) is 5.92 Å².